The Bertz CT molecular complexity index is 1700. The summed E-state index contributed by atoms with van der Waals surface area (Å²) >= 11 is 3.77. The summed E-state index contributed by atoms with van der Waals surface area (Å²) in [6.07, 6.45) is 2.18. The summed E-state index contributed by atoms with van der Waals surface area (Å²) in [7, 11) is 0. The van der Waals surface area contributed by atoms with E-state index < -0.39 is 0 Å². The molecule has 0 aromatic heterocycles. The van der Waals surface area contributed by atoms with Crippen LogP contribution in [-0.2, 0) is 21.7 Å². The van der Waals surface area contributed by atoms with Gasteiger partial charge in [0.25, 0.3) is 0 Å². The molecule has 0 radical (unpaired) electrons. The number of rotatable bonds is 3. The van der Waals surface area contributed by atoms with E-state index in [2.05, 4.69) is 152 Å². The van der Waals surface area contributed by atoms with Gasteiger partial charge in [-0.2, -0.15) is 0 Å². The number of halogens is 1. The van der Waals surface area contributed by atoms with Gasteiger partial charge in [-0.05, 0) is 115 Å². The number of fused-ring (bicyclic) bond motifs is 6. The second kappa shape index (κ2) is 9.18. The molecule has 2 aliphatic rings. The van der Waals surface area contributed by atoms with Crippen LogP contribution in [0.4, 0.5) is 0 Å². The lowest BCUT2D eigenvalue weighted by Crippen LogP contribution is -2.23. The minimum Gasteiger partial charge on any atom is -0.0642 e. The number of benzene rings is 4. The molecule has 4 aromatic carbocycles. The molecule has 41 heavy (non-hydrogen) atoms. The van der Waals surface area contributed by atoms with E-state index in [1.807, 2.05) is 0 Å². The van der Waals surface area contributed by atoms with Crippen LogP contribution in [0, 0.1) is 0 Å². The second-order valence-corrected chi connectivity index (χ2v) is 16.0. The van der Waals surface area contributed by atoms with E-state index in [-0.39, 0.29) is 21.7 Å². The Kier molecular flexibility index (Phi) is 6.37. The molecule has 0 spiro atoms. The first-order valence-corrected chi connectivity index (χ1v) is 16.2. The van der Waals surface area contributed by atoms with Crippen molar-refractivity contribution in [3.05, 3.63) is 105 Å². The fraction of sp³-hybridized carbons (Fsp3) is 0.400. The zero-order valence-corrected chi connectivity index (χ0v) is 28.2. The molecule has 212 valence electrons. The summed E-state index contributed by atoms with van der Waals surface area (Å²) in [4.78, 5) is 0. The van der Waals surface area contributed by atoms with E-state index in [4.69, 9.17) is 0 Å². The second-order valence-electron chi connectivity index (χ2n) is 15.1. The average molecular weight is 606 g/mol. The highest BCUT2D eigenvalue weighted by Crippen LogP contribution is 2.57. The Balaban J connectivity index is 1.65. The molecule has 0 bridgehead atoms. The van der Waals surface area contributed by atoms with Crippen molar-refractivity contribution in [3.63, 3.8) is 0 Å². The van der Waals surface area contributed by atoms with Crippen molar-refractivity contribution < 1.29 is 0 Å². The lowest BCUT2D eigenvalue weighted by molar-refractivity contribution is 0.490. The van der Waals surface area contributed by atoms with Gasteiger partial charge in [-0.3, -0.25) is 0 Å². The smallest absolute Gasteiger partial charge is 0.0210 e. The average Bonchev–Trinajstić information content (AvgIpc) is 3.32. The molecule has 0 saturated carbocycles. The van der Waals surface area contributed by atoms with Gasteiger partial charge in [0, 0.05) is 15.3 Å². The molecule has 0 N–H and O–H groups in total. The minimum atomic E-state index is -0.0578. The van der Waals surface area contributed by atoms with Crippen LogP contribution in [0.2, 0.25) is 0 Å². The largest absolute Gasteiger partial charge is 0.0642 e. The van der Waals surface area contributed by atoms with E-state index in [1.165, 1.54) is 71.2 Å². The van der Waals surface area contributed by atoms with Gasteiger partial charge in [-0.25, -0.2) is 0 Å². The van der Waals surface area contributed by atoms with Crippen molar-refractivity contribution in [2.45, 2.75) is 104 Å². The third kappa shape index (κ3) is 4.13. The summed E-state index contributed by atoms with van der Waals surface area (Å²) in [6.45, 7) is 23.6. The summed E-state index contributed by atoms with van der Waals surface area (Å²) in [6, 6.07) is 26.5. The molecule has 6 rings (SSSR count). The standard InChI is InChI=1S/C40H45Br/c1-11-40(12-2)33-19-24(13-16-28(33)29-18-15-27(41)23-34(29)40)31-20-26(38(6,7)8)22-35-36(31)30-17-14-25(37(3,4)5)21-32(30)39(35,9)10/h13-23H,11-12H2,1-10H3. The van der Waals surface area contributed by atoms with Crippen molar-refractivity contribution >= 4 is 15.9 Å². The van der Waals surface area contributed by atoms with Crippen LogP contribution in [-0.4, -0.2) is 0 Å². The Morgan fingerprint density at radius 3 is 1.73 bits per heavy atom. The highest BCUT2D eigenvalue weighted by atomic mass is 79.9. The fourth-order valence-corrected chi connectivity index (χ4v) is 7.98. The predicted octanol–water partition coefficient (Wildman–Crippen LogP) is 12.1. The van der Waals surface area contributed by atoms with Gasteiger partial charge in [0.2, 0.25) is 0 Å². The van der Waals surface area contributed by atoms with Crippen molar-refractivity contribution in [2.24, 2.45) is 0 Å². The maximum absolute atomic E-state index is 3.77. The monoisotopic (exact) mass is 604 g/mol. The lowest BCUT2D eigenvalue weighted by Gasteiger charge is -2.30. The normalized spacial score (nSPS) is 16.3. The summed E-state index contributed by atoms with van der Waals surface area (Å²) < 4.78 is 1.17. The van der Waals surface area contributed by atoms with E-state index in [9.17, 15) is 0 Å². The van der Waals surface area contributed by atoms with Gasteiger partial charge in [-0.1, -0.05) is 128 Å². The summed E-state index contributed by atoms with van der Waals surface area (Å²) in [5.74, 6) is 0. The van der Waals surface area contributed by atoms with E-state index in [0.717, 1.165) is 12.8 Å². The van der Waals surface area contributed by atoms with E-state index in [1.54, 1.807) is 0 Å². The highest BCUT2D eigenvalue weighted by Gasteiger charge is 2.42. The number of hydrogen-bond acceptors (Lipinski definition) is 0. The van der Waals surface area contributed by atoms with E-state index in [0.29, 0.717) is 0 Å². The molecule has 0 saturated heterocycles. The molecule has 0 nitrogen and oxygen atoms in total. The molecule has 0 heterocycles. The maximum atomic E-state index is 3.77. The SMILES string of the molecule is CCC1(CC)c2cc(Br)ccc2-c2ccc(-c3cc(C(C)(C)C)cc4c3-c3ccc(C(C)(C)C)cc3C4(C)C)cc21. The van der Waals surface area contributed by atoms with Gasteiger partial charge >= 0.3 is 0 Å². The highest BCUT2D eigenvalue weighted by molar-refractivity contribution is 9.10. The fourth-order valence-electron chi connectivity index (χ4n) is 7.62. The summed E-state index contributed by atoms with van der Waals surface area (Å²) in [5.41, 5.74) is 17.2. The number of hydrogen-bond donors (Lipinski definition) is 0. The molecule has 1 heteroatoms. The quantitative estimate of drug-likeness (QED) is 0.218. The Morgan fingerprint density at radius 1 is 0.561 bits per heavy atom. The molecule has 0 amide bonds. The van der Waals surface area contributed by atoms with E-state index >= 15 is 0 Å². The molecule has 0 atom stereocenters. The van der Waals surface area contributed by atoms with Crippen molar-refractivity contribution in [3.8, 4) is 33.4 Å². The van der Waals surface area contributed by atoms with Crippen molar-refractivity contribution in [2.75, 3.05) is 0 Å². The first-order chi connectivity index (χ1) is 19.1. The zero-order chi connectivity index (χ0) is 29.7. The van der Waals surface area contributed by atoms with Crippen LogP contribution in [0.5, 0.6) is 0 Å². The third-order valence-electron chi connectivity index (χ3n) is 10.3. The molecule has 4 aromatic rings. The Hall–Kier alpha value is -2.64. The summed E-state index contributed by atoms with van der Waals surface area (Å²) in [5, 5.41) is 0. The molecule has 2 aliphatic carbocycles. The van der Waals surface area contributed by atoms with Crippen LogP contribution in [0.1, 0.15) is 115 Å². The minimum absolute atomic E-state index is 0.0358. The zero-order valence-electron chi connectivity index (χ0n) is 26.6. The van der Waals surface area contributed by atoms with Gasteiger partial charge in [-0.15, -0.1) is 0 Å². The first kappa shape index (κ1) is 28.5. The van der Waals surface area contributed by atoms with Gasteiger partial charge < -0.3 is 0 Å². The Morgan fingerprint density at radius 2 is 1.12 bits per heavy atom. The van der Waals surface area contributed by atoms with Crippen LogP contribution in [0.15, 0.2) is 71.2 Å². The molecular weight excluding hydrogens is 560 g/mol. The topological polar surface area (TPSA) is 0 Å². The van der Waals surface area contributed by atoms with Crippen LogP contribution < -0.4 is 0 Å². The lowest BCUT2D eigenvalue weighted by atomic mass is 9.73. The van der Waals surface area contributed by atoms with Gasteiger partial charge in [0.1, 0.15) is 0 Å². The van der Waals surface area contributed by atoms with Crippen LogP contribution in [0.25, 0.3) is 33.4 Å². The molecule has 0 aliphatic heterocycles. The third-order valence-corrected chi connectivity index (χ3v) is 10.8. The maximum Gasteiger partial charge on any atom is 0.0210 e. The Labute approximate surface area is 256 Å². The molecule has 0 unspecified atom stereocenters. The first-order valence-electron chi connectivity index (χ1n) is 15.4. The predicted molar refractivity (Wildman–Crippen MR) is 181 cm³/mol. The van der Waals surface area contributed by atoms with Crippen molar-refractivity contribution in [1.29, 1.82) is 0 Å². The van der Waals surface area contributed by atoms with Gasteiger partial charge in [0.05, 0.1) is 0 Å². The molecular formula is C40H45Br. The van der Waals surface area contributed by atoms with Gasteiger partial charge in [0.15, 0.2) is 0 Å². The van der Waals surface area contributed by atoms with Crippen molar-refractivity contribution in [1.82, 2.24) is 0 Å². The van der Waals surface area contributed by atoms with Crippen LogP contribution >= 0.6 is 15.9 Å². The molecule has 0 fully saturated rings. The van der Waals surface area contributed by atoms with Crippen LogP contribution in [0.3, 0.4) is 0 Å².